The van der Waals surface area contributed by atoms with Gasteiger partial charge < -0.3 is 14.4 Å². The fraction of sp³-hybridized carbons (Fsp3) is 0.333. The fourth-order valence-corrected chi connectivity index (χ4v) is 2.54. The van der Waals surface area contributed by atoms with Gasteiger partial charge in [0.2, 0.25) is 5.95 Å². The molecule has 1 aromatic carbocycles. The van der Waals surface area contributed by atoms with Gasteiger partial charge in [0.25, 0.3) is 0 Å². The van der Waals surface area contributed by atoms with Gasteiger partial charge in [-0.3, -0.25) is 0 Å². The first-order chi connectivity index (χ1) is 11.3. The van der Waals surface area contributed by atoms with Crippen molar-refractivity contribution >= 4 is 12.0 Å². The minimum atomic E-state index is 0.714. The summed E-state index contributed by atoms with van der Waals surface area (Å²) in [5, 5.41) is 0. The van der Waals surface area contributed by atoms with Crippen LogP contribution in [0, 0.1) is 0 Å². The van der Waals surface area contributed by atoms with Gasteiger partial charge >= 0.3 is 0 Å². The summed E-state index contributed by atoms with van der Waals surface area (Å²) < 4.78 is 10.7. The Balaban J connectivity index is 2.02. The van der Waals surface area contributed by atoms with E-state index >= 15 is 0 Å². The number of hydrogen-bond acceptors (Lipinski definition) is 5. The quantitative estimate of drug-likeness (QED) is 0.868. The van der Waals surface area contributed by atoms with Gasteiger partial charge in [0, 0.05) is 18.7 Å². The van der Waals surface area contributed by atoms with Crippen LogP contribution >= 0.6 is 0 Å². The van der Waals surface area contributed by atoms with Crippen LogP contribution in [0.4, 0.5) is 5.95 Å². The van der Waals surface area contributed by atoms with Crippen molar-refractivity contribution in [3.05, 3.63) is 42.1 Å². The zero-order valence-electron chi connectivity index (χ0n) is 13.5. The highest BCUT2D eigenvalue weighted by atomic mass is 16.5. The zero-order chi connectivity index (χ0) is 16.1. The molecule has 0 radical (unpaired) electrons. The van der Waals surface area contributed by atoms with Crippen LogP contribution in [-0.2, 0) is 4.74 Å². The van der Waals surface area contributed by atoms with E-state index in [1.54, 1.807) is 7.11 Å². The summed E-state index contributed by atoms with van der Waals surface area (Å²) in [5.41, 5.74) is 2.82. The molecule has 1 aliphatic rings. The summed E-state index contributed by atoms with van der Waals surface area (Å²) in [6.45, 7) is 5.05. The number of rotatable bonds is 4. The van der Waals surface area contributed by atoms with Crippen LogP contribution < -0.4 is 9.64 Å². The highest BCUT2D eigenvalue weighted by molar-refractivity contribution is 5.65. The Kier molecular flexibility index (Phi) is 4.88. The molecule has 5 heteroatoms. The Hall–Kier alpha value is -2.40. The van der Waals surface area contributed by atoms with Gasteiger partial charge in [-0.05, 0) is 31.2 Å². The lowest BCUT2D eigenvalue weighted by atomic mass is 10.1. The Bertz CT molecular complexity index is 694. The van der Waals surface area contributed by atoms with Crippen LogP contribution in [0.15, 0.2) is 36.4 Å². The van der Waals surface area contributed by atoms with E-state index < -0.39 is 0 Å². The van der Waals surface area contributed by atoms with E-state index in [4.69, 9.17) is 14.5 Å². The van der Waals surface area contributed by atoms with Crippen LogP contribution in [-0.4, -0.2) is 43.4 Å². The molecule has 1 fully saturated rings. The maximum absolute atomic E-state index is 5.42. The van der Waals surface area contributed by atoms with Crippen molar-refractivity contribution in [1.29, 1.82) is 0 Å². The van der Waals surface area contributed by atoms with Crippen LogP contribution in [0.2, 0.25) is 0 Å². The number of aromatic nitrogens is 2. The third-order valence-electron chi connectivity index (χ3n) is 3.73. The topological polar surface area (TPSA) is 47.5 Å². The number of allylic oxidation sites excluding steroid dienone is 1. The highest BCUT2D eigenvalue weighted by Gasteiger charge is 2.16. The largest absolute Gasteiger partial charge is 0.497 e. The molecule has 2 heterocycles. The number of hydrogen-bond donors (Lipinski definition) is 0. The maximum Gasteiger partial charge on any atom is 0.226 e. The van der Waals surface area contributed by atoms with E-state index in [1.807, 2.05) is 49.4 Å². The van der Waals surface area contributed by atoms with Crippen molar-refractivity contribution < 1.29 is 9.47 Å². The van der Waals surface area contributed by atoms with Gasteiger partial charge in [-0.2, -0.15) is 0 Å². The molecule has 0 atom stereocenters. The number of methoxy groups -OCH3 is 1. The number of ether oxygens (including phenoxy) is 2. The van der Waals surface area contributed by atoms with Crippen molar-refractivity contribution in [1.82, 2.24) is 9.97 Å². The van der Waals surface area contributed by atoms with Gasteiger partial charge in [0.05, 0.1) is 31.7 Å². The summed E-state index contributed by atoms with van der Waals surface area (Å²) >= 11 is 0. The van der Waals surface area contributed by atoms with Crippen molar-refractivity contribution in [2.75, 3.05) is 38.3 Å². The lowest BCUT2D eigenvalue weighted by molar-refractivity contribution is 0.122. The Labute approximate surface area is 136 Å². The predicted octanol–water partition coefficient (Wildman–Crippen LogP) is 3.02. The standard InChI is InChI=1S/C18H21N3O2/c1-3-5-15-13-17(14-6-4-7-16(12-14)22-2)20-18(19-15)21-8-10-23-11-9-21/h3-7,12-13H,8-11H2,1-2H3. The first-order valence-corrected chi connectivity index (χ1v) is 7.79. The molecule has 0 amide bonds. The molecule has 1 saturated heterocycles. The minimum absolute atomic E-state index is 0.714. The smallest absolute Gasteiger partial charge is 0.226 e. The lowest BCUT2D eigenvalue weighted by Crippen LogP contribution is -2.37. The average molecular weight is 311 g/mol. The molecule has 1 aromatic heterocycles. The molecule has 0 saturated carbocycles. The number of anilines is 1. The Morgan fingerprint density at radius 2 is 2.00 bits per heavy atom. The van der Waals surface area contributed by atoms with Gasteiger partial charge in [-0.25, -0.2) is 9.97 Å². The SMILES string of the molecule is CC=Cc1cc(-c2cccc(OC)c2)nc(N2CCOCC2)n1. The normalized spacial score (nSPS) is 15.1. The predicted molar refractivity (Wildman–Crippen MR) is 91.8 cm³/mol. The summed E-state index contributed by atoms with van der Waals surface area (Å²) in [7, 11) is 1.67. The van der Waals surface area contributed by atoms with Crippen molar-refractivity contribution in [2.24, 2.45) is 0 Å². The molecule has 23 heavy (non-hydrogen) atoms. The van der Waals surface area contributed by atoms with Crippen LogP contribution in [0.25, 0.3) is 17.3 Å². The van der Waals surface area contributed by atoms with E-state index in [-0.39, 0.29) is 0 Å². The van der Waals surface area contributed by atoms with Gasteiger partial charge in [-0.1, -0.05) is 18.2 Å². The second-order valence-electron chi connectivity index (χ2n) is 5.31. The maximum atomic E-state index is 5.42. The van der Waals surface area contributed by atoms with Gasteiger partial charge in [0.1, 0.15) is 5.75 Å². The zero-order valence-corrected chi connectivity index (χ0v) is 13.5. The molecule has 5 nitrogen and oxygen atoms in total. The third kappa shape index (κ3) is 3.68. The van der Waals surface area contributed by atoms with E-state index in [0.717, 1.165) is 41.7 Å². The molecule has 0 unspecified atom stereocenters. The first kappa shape index (κ1) is 15.5. The molecule has 120 valence electrons. The van der Waals surface area contributed by atoms with Crippen molar-refractivity contribution in [3.8, 4) is 17.0 Å². The van der Waals surface area contributed by atoms with Gasteiger partial charge in [0.15, 0.2) is 0 Å². The fourth-order valence-electron chi connectivity index (χ4n) is 2.54. The minimum Gasteiger partial charge on any atom is -0.497 e. The van der Waals surface area contributed by atoms with E-state index in [9.17, 15) is 0 Å². The molecule has 3 rings (SSSR count). The summed E-state index contributed by atoms with van der Waals surface area (Å²) in [6.07, 6.45) is 3.98. The lowest BCUT2D eigenvalue weighted by Gasteiger charge is -2.27. The summed E-state index contributed by atoms with van der Waals surface area (Å²) in [5.74, 6) is 1.57. The molecular formula is C18H21N3O2. The molecule has 2 aromatic rings. The van der Waals surface area contributed by atoms with E-state index in [2.05, 4.69) is 9.88 Å². The van der Waals surface area contributed by atoms with E-state index in [1.165, 1.54) is 0 Å². The van der Waals surface area contributed by atoms with Crippen LogP contribution in [0.3, 0.4) is 0 Å². The molecule has 0 N–H and O–H groups in total. The Morgan fingerprint density at radius 3 is 2.74 bits per heavy atom. The van der Waals surface area contributed by atoms with Gasteiger partial charge in [-0.15, -0.1) is 0 Å². The molecule has 0 aliphatic carbocycles. The summed E-state index contributed by atoms with van der Waals surface area (Å²) in [4.78, 5) is 11.6. The third-order valence-corrected chi connectivity index (χ3v) is 3.73. The molecule has 0 spiro atoms. The second kappa shape index (κ2) is 7.24. The molecule has 1 aliphatic heterocycles. The number of nitrogens with zero attached hydrogens (tertiary/aromatic N) is 3. The number of benzene rings is 1. The molecular weight excluding hydrogens is 290 g/mol. The first-order valence-electron chi connectivity index (χ1n) is 7.79. The molecule has 0 bridgehead atoms. The highest BCUT2D eigenvalue weighted by Crippen LogP contribution is 2.25. The number of morpholine rings is 1. The summed E-state index contributed by atoms with van der Waals surface area (Å²) in [6, 6.07) is 9.93. The van der Waals surface area contributed by atoms with Crippen LogP contribution in [0.5, 0.6) is 5.75 Å². The van der Waals surface area contributed by atoms with Crippen molar-refractivity contribution in [3.63, 3.8) is 0 Å². The monoisotopic (exact) mass is 311 g/mol. The Morgan fingerprint density at radius 1 is 1.17 bits per heavy atom. The second-order valence-corrected chi connectivity index (χ2v) is 5.31. The van der Waals surface area contributed by atoms with Crippen molar-refractivity contribution in [2.45, 2.75) is 6.92 Å². The van der Waals surface area contributed by atoms with Crippen LogP contribution in [0.1, 0.15) is 12.6 Å². The van der Waals surface area contributed by atoms with E-state index in [0.29, 0.717) is 13.2 Å². The average Bonchev–Trinajstić information content (AvgIpc) is 2.62.